The second-order valence-electron chi connectivity index (χ2n) is 4.65. The molecule has 0 N–H and O–H groups in total. The molecule has 2 nitrogen and oxygen atoms in total. The van der Waals surface area contributed by atoms with Crippen LogP contribution in [0.25, 0.3) is 10.8 Å². The molecule has 0 aromatic heterocycles. The topological polar surface area (TPSA) is 18.5 Å². The summed E-state index contributed by atoms with van der Waals surface area (Å²) in [6.45, 7) is 0.475. The molecule has 1 aliphatic heterocycles. The number of alkyl halides is 2. The number of hydrogen-bond donors (Lipinski definition) is 0. The molecule has 0 amide bonds. The van der Waals surface area contributed by atoms with Crippen molar-refractivity contribution in [3.63, 3.8) is 0 Å². The van der Waals surface area contributed by atoms with Gasteiger partial charge in [-0.25, -0.2) is 0 Å². The third kappa shape index (κ3) is 2.34. The van der Waals surface area contributed by atoms with Gasteiger partial charge in [-0.3, -0.25) is 0 Å². The lowest BCUT2D eigenvalue weighted by molar-refractivity contribution is -0.156. The zero-order valence-electron chi connectivity index (χ0n) is 10.3. The summed E-state index contributed by atoms with van der Waals surface area (Å²) in [4.78, 5) is 0. The Hall–Kier alpha value is -0.800. The highest BCUT2D eigenvalue weighted by Gasteiger charge is 2.42. The molecule has 100 valence electrons. The number of hydrogen-bond acceptors (Lipinski definition) is 2. The molecule has 1 fully saturated rings. The number of fused-ring (bicyclic) bond motifs is 1. The summed E-state index contributed by atoms with van der Waals surface area (Å²) in [6.07, 6.45) is -0.105. The van der Waals surface area contributed by atoms with Gasteiger partial charge in [-0.05, 0) is 16.8 Å². The molecule has 0 saturated carbocycles. The monoisotopic (exact) mass is 296 g/mol. The lowest BCUT2D eigenvalue weighted by Crippen LogP contribution is -2.30. The van der Waals surface area contributed by atoms with Gasteiger partial charge >= 0.3 is 0 Å². The van der Waals surface area contributed by atoms with Crippen molar-refractivity contribution in [1.29, 1.82) is 0 Å². The number of benzene rings is 2. The molecule has 2 aromatic carbocycles. The quantitative estimate of drug-likeness (QED) is 0.800. The van der Waals surface area contributed by atoms with Gasteiger partial charge < -0.3 is 9.47 Å². The van der Waals surface area contributed by atoms with Crippen LogP contribution >= 0.6 is 23.2 Å². The number of rotatable bonds is 3. The fourth-order valence-corrected chi connectivity index (χ4v) is 2.81. The minimum atomic E-state index is -0.870. The fraction of sp³-hybridized carbons (Fsp3) is 0.333. The predicted molar refractivity (Wildman–Crippen MR) is 77.9 cm³/mol. The molecule has 1 unspecified atom stereocenters. The Morgan fingerprint density at radius 2 is 1.89 bits per heavy atom. The van der Waals surface area contributed by atoms with E-state index in [1.165, 1.54) is 5.39 Å². The summed E-state index contributed by atoms with van der Waals surface area (Å²) in [6, 6.07) is 14.3. The first-order chi connectivity index (χ1) is 9.27. The minimum Gasteiger partial charge on any atom is -0.342 e. The second-order valence-corrected chi connectivity index (χ2v) is 5.23. The first-order valence-corrected chi connectivity index (χ1v) is 7.27. The van der Waals surface area contributed by atoms with Gasteiger partial charge in [-0.15, -0.1) is 23.2 Å². The van der Waals surface area contributed by atoms with Gasteiger partial charge in [0.15, 0.2) is 0 Å². The van der Waals surface area contributed by atoms with Crippen LogP contribution in [0.4, 0.5) is 0 Å². The second kappa shape index (κ2) is 5.29. The first kappa shape index (κ1) is 13.2. The Kier molecular flexibility index (Phi) is 3.68. The van der Waals surface area contributed by atoms with Crippen LogP contribution in [0.15, 0.2) is 42.5 Å². The summed E-state index contributed by atoms with van der Waals surface area (Å²) in [5, 5.41) is 2.33. The molecule has 0 aliphatic carbocycles. The van der Waals surface area contributed by atoms with E-state index in [9.17, 15) is 0 Å². The molecule has 0 bridgehead atoms. The first-order valence-electron chi connectivity index (χ1n) is 6.20. The fourth-order valence-electron chi connectivity index (χ4n) is 2.37. The van der Waals surface area contributed by atoms with E-state index in [-0.39, 0.29) is 12.0 Å². The van der Waals surface area contributed by atoms with Crippen LogP contribution in [-0.2, 0) is 15.3 Å². The van der Waals surface area contributed by atoms with Crippen molar-refractivity contribution < 1.29 is 9.47 Å². The molecule has 4 heteroatoms. The Bertz CT molecular complexity index is 587. The van der Waals surface area contributed by atoms with Crippen molar-refractivity contribution in [3.8, 4) is 0 Å². The molecular formula is C15H14Cl2O2. The molecule has 1 aliphatic rings. The van der Waals surface area contributed by atoms with E-state index < -0.39 is 5.79 Å². The smallest absolute Gasteiger partial charge is 0.209 e. The van der Waals surface area contributed by atoms with Crippen LogP contribution < -0.4 is 0 Å². The third-order valence-electron chi connectivity index (χ3n) is 3.40. The maximum Gasteiger partial charge on any atom is 0.209 e. The van der Waals surface area contributed by atoms with E-state index in [1.54, 1.807) is 0 Å². The van der Waals surface area contributed by atoms with E-state index in [0.717, 1.165) is 10.9 Å². The van der Waals surface area contributed by atoms with Gasteiger partial charge in [-0.2, -0.15) is 0 Å². The molecule has 0 spiro atoms. The molecule has 2 atom stereocenters. The summed E-state index contributed by atoms with van der Waals surface area (Å²) < 4.78 is 11.7. The van der Waals surface area contributed by atoms with Crippen LogP contribution in [0.5, 0.6) is 0 Å². The average molecular weight is 297 g/mol. The van der Waals surface area contributed by atoms with E-state index >= 15 is 0 Å². The number of halogens is 2. The summed E-state index contributed by atoms with van der Waals surface area (Å²) in [7, 11) is 0. The highest BCUT2D eigenvalue weighted by molar-refractivity contribution is 6.19. The van der Waals surface area contributed by atoms with Crippen LogP contribution in [0.2, 0.25) is 0 Å². The molecule has 19 heavy (non-hydrogen) atoms. The standard InChI is InChI=1S/C15H14Cl2O2/c16-8-14-9-18-15(10-17,19-14)13-6-5-11-3-1-2-4-12(11)7-13/h1-7,14H,8-10H2/t14-,15?/m1/s1. The maximum absolute atomic E-state index is 6.08. The van der Waals surface area contributed by atoms with Gasteiger partial charge in [0, 0.05) is 5.56 Å². The van der Waals surface area contributed by atoms with Crippen molar-refractivity contribution in [2.45, 2.75) is 11.9 Å². The van der Waals surface area contributed by atoms with Gasteiger partial charge in [-0.1, -0.05) is 36.4 Å². The molecule has 1 saturated heterocycles. The Morgan fingerprint density at radius 3 is 2.58 bits per heavy atom. The zero-order chi connectivity index (χ0) is 13.3. The summed E-state index contributed by atoms with van der Waals surface area (Å²) >= 11 is 11.9. The van der Waals surface area contributed by atoms with E-state index in [1.807, 2.05) is 18.2 Å². The molecule has 2 aromatic rings. The maximum atomic E-state index is 6.08. The van der Waals surface area contributed by atoms with Crippen molar-refractivity contribution in [2.75, 3.05) is 18.4 Å². The molecule has 0 radical (unpaired) electrons. The number of ether oxygens (including phenoxy) is 2. The van der Waals surface area contributed by atoms with Crippen molar-refractivity contribution in [1.82, 2.24) is 0 Å². The van der Waals surface area contributed by atoms with Crippen molar-refractivity contribution in [3.05, 3.63) is 48.0 Å². The summed E-state index contributed by atoms with van der Waals surface area (Å²) in [5.41, 5.74) is 0.939. The van der Waals surface area contributed by atoms with E-state index in [0.29, 0.717) is 12.5 Å². The van der Waals surface area contributed by atoms with Gasteiger partial charge in [0.2, 0.25) is 5.79 Å². The Balaban J connectivity index is 2.02. The van der Waals surface area contributed by atoms with E-state index in [4.69, 9.17) is 32.7 Å². The van der Waals surface area contributed by atoms with Crippen LogP contribution in [-0.4, -0.2) is 24.5 Å². The van der Waals surface area contributed by atoms with Crippen LogP contribution in [0.3, 0.4) is 0 Å². The minimum absolute atomic E-state index is 0.105. The van der Waals surface area contributed by atoms with Crippen LogP contribution in [0, 0.1) is 0 Å². The van der Waals surface area contributed by atoms with Crippen molar-refractivity contribution in [2.24, 2.45) is 0 Å². The Labute approximate surface area is 122 Å². The molecular weight excluding hydrogens is 283 g/mol. The van der Waals surface area contributed by atoms with Crippen molar-refractivity contribution >= 4 is 34.0 Å². The van der Waals surface area contributed by atoms with Gasteiger partial charge in [0.1, 0.15) is 0 Å². The highest BCUT2D eigenvalue weighted by atomic mass is 35.5. The predicted octanol–water partition coefficient (Wildman–Crippen LogP) is 3.89. The molecule has 1 heterocycles. The Morgan fingerprint density at radius 1 is 1.11 bits per heavy atom. The van der Waals surface area contributed by atoms with Gasteiger partial charge in [0.05, 0.1) is 24.5 Å². The average Bonchev–Trinajstić information content (AvgIpc) is 2.92. The highest BCUT2D eigenvalue weighted by Crippen LogP contribution is 2.37. The normalized spacial score (nSPS) is 26.9. The lowest BCUT2D eigenvalue weighted by atomic mass is 10.0. The lowest BCUT2D eigenvalue weighted by Gasteiger charge is -2.26. The van der Waals surface area contributed by atoms with E-state index in [2.05, 4.69) is 24.3 Å². The largest absolute Gasteiger partial charge is 0.342 e. The third-order valence-corrected chi connectivity index (χ3v) is 4.09. The SMILES string of the molecule is ClC[C@@H]1COC(CCl)(c2ccc3ccccc3c2)O1. The molecule has 3 rings (SSSR count). The zero-order valence-corrected chi connectivity index (χ0v) is 11.8. The van der Waals surface area contributed by atoms with Crippen LogP contribution in [0.1, 0.15) is 5.56 Å². The van der Waals surface area contributed by atoms with Gasteiger partial charge in [0.25, 0.3) is 0 Å². The summed E-state index contributed by atoms with van der Waals surface area (Å²) in [5.74, 6) is -0.212.